The number of ether oxygens (including phenoxy) is 1. The van der Waals surface area contributed by atoms with Gasteiger partial charge >= 0.3 is 23.5 Å². The smallest absolute Gasteiger partial charge is 0.388 e. The van der Waals surface area contributed by atoms with Gasteiger partial charge in [0.25, 0.3) is 0 Å². The lowest BCUT2D eigenvalue weighted by Crippen LogP contribution is -2.26. The van der Waals surface area contributed by atoms with Gasteiger partial charge < -0.3 is 20.5 Å². The fourth-order valence-corrected chi connectivity index (χ4v) is 6.97. The molecule has 0 aromatic carbocycles. The van der Waals surface area contributed by atoms with Crippen molar-refractivity contribution >= 4 is 40.4 Å². The first-order valence-electron chi connectivity index (χ1n) is 9.74. The lowest BCUT2D eigenvalue weighted by molar-refractivity contribution is -0.210. The van der Waals surface area contributed by atoms with Crippen molar-refractivity contribution in [2.45, 2.75) is 25.4 Å². The van der Waals surface area contributed by atoms with Gasteiger partial charge in [-0.05, 0) is 0 Å². The van der Waals surface area contributed by atoms with Crippen LogP contribution in [0.1, 0.15) is 13.2 Å². The average Bonchev–Trinajstić information content (AvgIpc) is 3.34. The van der Waals surface area contributed by atoms with E-state index in [-0.39, 0.29) is 11.3 Å². The van der Waals surface area contributed by atoms with Crippen LogP contribution in [0.25, 0.3) is 11.2 Å². The number of aliphatic hydroxyl groups is 1. The quantitative estimate of drug-likeness (QED) is 0.173. The number of hydrogen-bond acceptors (Lipinski definition) is 17. The second kappa shape index (κ2) is 11.6. The summed E-state index contributed by atoms with van der Waals surface area (Å²) in [7, 11) is -12.8. The maximum atomic E-state index is 13.0. The number of nitrogens with two attached hydrogens (primary N) is 1. The molecule has 204 valence electrons. The lowest BCUT2D eigenvalue weighted by atomic mass is 10.0. The molecule has 3 rings (SSSR count). The highest BCUT2D eigenvalue weighted by Gasteiger charge is 2.49. The van der Waals surface area contributed by atoms with Crippen LogP contribution >= 0.6 is 23.5 Å². The van der Waals surface area contributed by atoms with Crippen LogP contribution in [-0.4, -0.2) is 69.7 Å². The van der Waals surface area contributed by atoms with Gasteiger partial charge in [-0.2, -0.15) is 8.62 Å². The molecule has 0 aliphatic carbocycles. The van der Waals surface area contributed by atoms with Gasteiger partial charge in [-0.1, -0.05) is 6.92 Å². The first-order chi connectivity index (χ1) is 16.9. The maximum Gasteiger partial charge on any atom is 0.519 e. The molecule has 1 aliphatic heterocycles. The van der Waals surface area contributed by atoms with Gasteiger partial charge in [0.2, 0.25) is 0 Å². The Morgan fingerprint density at radius 3 is 2.39 bits per heavy atom. The Bertz CT molecular complexity index is 1200. The Balaban J connectivity index is 1.76. The van der Waals surface area contributed by atoms with Crippen molar-refractivity contribution in [3.8, 4) is 0 Å². The zero-order valence-electron chi connectivity index (χ0n) is 19.2. The summed E-state index contributed by atoms with van der Waals surface area (Å²) < 4.78 is 71.4. The largest absolute Gasteiger partial charge is 0.519 e. The van der Waals surface area contributed by atoms with Gasteiger partial charge in [0.1, 0.15) is 17.9 Å². The van der Waals surface area contributed by atoms with Gasteiger partial charge in [0, 0.05) is 13.0 Å². The highest BCUT2D eigenvalue weighted by molar-refractivity contribution is 7.67. The highest BCUT2D eigenvalue weighted by atomic mass is 31.3. The third-order valence-corrected chi connectivity index (χ3v) is 9.57. The van der Waals surface area contributed by atoms with E-state index in [1.165, 1.54) is 17.2 Å². The topological polar surface area (TPSA) is 244 Å². The molecule has 0 bridgehead atoms. The standard InChI is InChI=1S/C14H24N5O14P3/c1-8-9(29-14(11(8)20)19-7-18-10-12(15)16-6-17-13(10)19)5-28-35(23,30-25-2)33-36(24,31-26-3)32-34(21,22)27-4/h6-9,11,14,20H,5H2,1-4H3,(H,21,22)(H2,15,16,17)/t8-,9?,11-,14?,35?,36?/m1/s1. The molecule has 0 spiro atoms. The van der Waals surface area contributed by atoms with Crippen LogP contribution in [0.5, 0.6) is 0 Å². The normalized spacial score (nSPS) is 27.5. The van der Waals surface area contributed by atoms with Gasteiger partial charge in [-0.25, -0.2) is 38.4 Å². The van der Waals surface area contributed by atoms with Crippen molar-refractivity contribution in [2.24, 2.45) is 5.92 Å². The molecule has 36 heavy (non-hydrogen) atoms. The van der Waals surface area contributed by atoms with E-state index in [0.29, 0.717) is 5.65 Å². The number of aromatic nitrogens is 4. The minimum absolute atomic E-state index is 0.125. The van der Waals surface area contributed by atoms with Crippen molar-refractivity contribution < 1.29 is 65.2 Å². The number of hydrogen-bond donors (Lipinski definition) is 3. The molecular formula is C14H24N5O14P3. The van der Waals surface area contributed by atoms with Gasteiger partial charge in [0.05, 0.1) is 33.3 Å². The second-order valence-corrected chi connectivity index (χ2v) is 11.9. The fraction of sp³-hybridized carbons (Fsp3) is 0.643. The number of fused-ring (bicyclic) bond motifs is 1. The average molecular weight is 579 g/mol. The van der Waals surface area contributed by atoms with Crippen molar-refractivity contribution in [3.63, 3.8) is 0 Å². The predicted octanol–water partition coefficient (Wildman–Crippen LogP) is 1.47. The molecule has 5 unspecified atom stereocenters. The van der Waals surface area contributed by atoms with Crippen molar-refractivity contribution in [1.82, 2.24) is 19.5 Å². The maximum absolute atomic E-state index is 13.0. The summed E-state index contributed by atoms with van der Waals surface area (Å²) in [5, 5.41) is 10.7. The summed E-state index contributed by atoms with van der Waals surface area (Å²) in [5.41, 5.74) is 6.37. The first-order valence-corrected chi connectivity index (χ1v) is 14.2. The summed E-state index contributed by atoms with van der Waals surface area (Å²) >= 11 is 0. The zero-order valence-corrected chi connectivity index (χ0v) is 21.9. The predicted molar refractivity (Wildman–Crippen MR) is 115 cm³/mol. The van der Waals surface area contributed by atoms with E-state index >= 15 is 0 Å². The molecule has 0 radical (unpaired) electrons. The van der Waals surface area contributed by atoms with Crippen molar-refractivity contribution in [1.29, 1.82) is 0 Å². The minimum Gasteiger partial charge on any atom is -0.388 e. The molecule has 0 amide bonds. The molecule has 7 atom stereocenters. The van der Waals surface area contributed by atoms with E-state index in [9.17, 15) is 23.7 Å². The molecule has 1 fully saturated rings. The van der Waals surface area contributed by atoms with E-state index in [4.69, 9.17) is 15.0 Å². The Kier molecular flexibility index (Phi) is 9.36. The number of phosphoric ester groups is 1. The summed E-state index contributed by atoms with van der Waals surface area (Å²) in [5.74, 6) is -0.508. The van der Waals surface area contributed by atoms with E-state index in [2.05, 4.69) is 47.2 Å². The van der Waals surface area contributed by atoms with Crippen LogP contribution in [0.2, 0.25) is 0 Å². The fourth-order valence-electron chi connectivity index (χ4n) is 3.07. The number of anilines is 1. The highest BCUT2D eigenvalue weighted by Crippen LogP contribution is 2.71. The van der Waals surface area contributed by atoms with Crippen LogP contribution in [0.4, 0.5) is 5.82 Å². The van der Waals surface area contributed by atoms with Gasteiger partial charge in [-0.15, -0.1) is 9.35 Å². The van der Waals surface area contributed by atoms with Crippen LogP contribution in [0.3, 0.4) is 0 Å². The summed E-state index contributed by atoms with van der Waals surface area (Å²) in [6, 6.07) is 0. The number of phosphoric acid groups is 3. The lowest BCUT2D eigenvalue weighted by Gasteiger charge is -2.23. The Morgan fingerprint density at radius 1 is 1.08 bits per heavy atom. The van der Waals surface area contributed by atoms with E-state index in [1.807, 2.05) is 0 Å². The Labute approximate surface area is 203 Å². The minimum atomic E-state index is -5.26. The molecule has 0 saturated carbocycles. The van der Waals surface area contributed by atoms with Gasteiger partial charge in [-0.3, -0.25) is 13.6 Å². The van der Waals surface area contributed by atoms with Gasteiger partial charge in [0.15, 0.2) is 17.7 Å². The van der Waals surface area contributed by atoms with Crippen LogP contribution in [0.15, 0.2) is 12.7 Å². The molecule has 4 N–H and O–H groups in total. The first kappa shape index (κ1) is 29.2. The number of nitrogen functional groups attached to an aromatic ring is 1. The molecule has 2 aromatic heterocycles. The number of imidazole rings is 1. The molecule has 19 nitrogen and oxygen atoms in total. The van der Waals surface area contributed by atoms with Crippen LogP contribution < -0.4 is 5.73 Å². The second-order valence-electron chi connectivity index (χ2n) is 6.98. The van der Waals surface area contributed by atoms with E-state index in [0.717, 1.165) is 21.3 Å². The summed E-state index contributed by atoms with van der Waals surface area (Å²) in [6.45, 7) is 1.01. The van der Waals surface area contributed by atoms with Crippen LogP contribution in [0, 0.1) is 5.92 Å². The molecular weight excluding hydrogens is 555 g/mol. The SMILES string of the molecule is COOP(=O)(OCC1OC(n2cnc3c(N)ncnc32)[C@H](O)[C@@H]1C)OP(=O)(OOC)OP(=O)(O)OC. The molecule has 1 aliphatic rings. The summed E-state index contributed by atoms with van der Waals surface area (Å²) in [4.78, 5) is 30.0. The monoisotopic (exact) mass is 579 g/mol. The summed E-state index contributed by atoms with van der Waals surface area (Å²) in [6.07, 6.45) is -0.520. The third kappa shape index (κ3) is 6.53. The van der Waals surface area contributed by atoms with Crippen molar-refractivity contribution in [3.05, 3.63) is 12.7 Å². The number of rotatable bonds is 13. The van der Waals surface area contributed by atoms with E-state index < -0.39 is 54.4 Å². The Morgan fingerprint density at radius 2 is 1.75 bits per heavy atom. The zero-order chi connectivity index (χ0) is 26.7. The molecule has 2 aromatic rings. The number of aliphatic hydroxyl groups excluding tert-OH is 1. The number of nitrogens with zero attached hydrogens (tertiary/aromatic N) is 4. The Hall–Kier alpha value is -1.40. The molecule has 22 heteroatoms. The van der Waals surface area contributed by atoms with Crippen LogP contribution in [-0.2, 0) is 55.2 Å². The third-order valence-electron chi connectivity index (χ3n) is 4.76. The molecule has 3 heterocycles. The van der Waals surface area contributed by atoms with E-state index in [1.54, 1.807) is 6.92 Å². The molecule has 1 saturated heterocycles. The van der Waals surface area contributed by atoms with Crippen molar-refractivity contribution in [2.75, 3.05) is 33.7 Å².